The summed E-state index contributed by atoms with van der Waals surface area (Å²) in [4.78, 5) is 12.3. The number of carbonyl (C=O) groups excluding carboxylic acids is 1. The van der Waals surface area contributed by atoms with Crippen LogP contribution < -0.4 is 21.3 Å². The molecule has 4 rings (SSSR count). The van der Waals surface area contributed by atoms with Crippen molar-refractivity contribution in [3.8, 4) is 0 Å². The number of aliphatic hydroxyl groups is 2. The van der Waals surface area contributed by atoms with Crippen LogP contribution in [0.4, 0.5) is 18.0 Å². The minimum atomic E-state index is -4.41. The fourth-order valence-corrected chi connectivity index (χ4v) is 5.62. The van der Waals surface area contributed by atoms with Crippen LogP contribution in [-0.2, 0) is 4.74 Å². The highest BCUT2D eigenvalue weighted by Crippen LogP contribution is 2.39. The Bertz CT molecular complexity index is 882. The molecule has 2 aliphatic heterocycles. The SMILES string of the molecule is O=C(NC1=CC[C@@H](O[C@@H]2C=CNC([C@H]3C[C@@H](C(O)O)CN3)C2)CC1)NC1=CC[C@H](Cl)[C@H](C(F)(F)F)C1. The van der Waals surface area contributed by atoms with Crippen LogP contribution in [0.2, 0.25) is 0 Å². The zero-order chi connectivity index (χ0) is 25.9. The lowest BCUT2D eigenvalue weighted by atomic mass is 9.91. The van der Waals surface area contributed by atoms with Gasteiger partial charge in [-0.15, -0.1) is 11.6 Å². The van der Waals surface area contributed by atoms with Crippen molar-refractivity contribution in [1.82, 2.24) is 21.3 Å². The monoisotopic (exact) mass is 534 g/mol. The van der Waals surface area contributed by atoms with Crippen molar-refractivity contribution in [2.45, 2.75) is 87.1 Å². The average Bonchev–Trinajstić information content (AvgIpc) is 3.32. The van der Waals surface area contributed by atoms with Gasteiger partial charge in [-0.3, -0.25) is 0 Å². The fraction of sp³-hybridized carbons (Fsp3) is 0.708. The molecule has 0 aromatic heterocycles. The number of carbonyl (C=O) groups is 1. The molecule has 2 heterocycles. The summed E-state index contributed by atoms with van der Waals surface area (Å²) in [7, 11) is 0. The van der Waals surface area contributed by atoms with Gasteiger partial charge in [0, 0.05) is 47.7 Å². The van der Waals surface area contributed by atoms with E-state index in [0.717, 1.165) is 6.42 Å². The lowest BCUT2D eigenvalue weighted by molar-refractivity contribution is -0.175. The second-order valence-corrected chi connectivity index (χ2v) is 10.6. The predicted molar refractivity (Wildman–Crippen MR) is 128 cm³/mol. The van der Waals surface area contributed by atoms with Crippen molar-refractivity contribution < 1.29 is 32.9 Å². The standard InChI is InChI=1S/C24H34ClF3N4O4/c25-19-6-3-15(10-18(19)24(26,27)28)32-23(35)31-14-1-4-16(5-2-14)36-17-7-8-29-21(11-17)20-9-13(12-30-20)22(33)34/h1,3,7-8,13,16-22,29-30,33-34H,2,4-6,9-12H2,(H2,31,32,35)/t13-,16-,17-,18-,19+,20-,21?/m1/s1. The van der Waals surface area contributed by atoms with E-state index >= 15 is 0 Å². The third-order valence-electron chi connectivity index (χ3n) is 7.38. The molecule has 12 heteroatoms. The van der Waals surface area contributed by atoms with Crippen LogP contribution >= 0.6 is 11.6 Å². The summed E-state index contributed by atoms with van der Waals surface area (Å²) in [6, 6.07) is -0.293. The smallest absolute Gasteiger partial charge is 0.387 e. The Balaban J connectivity index is 1.20. The topological polar surface area (TPSA) is 115 Å². The molecule has 6 N–H and O–H groups in total. The second-order valence-electron chi connectivity index (χ2n) is 10.0. The van der Waals surface area contributed by atoms with Crippen LogP contribution in [0.15, 0.2) is 35.8 Å². The first kappa shape index (κ1) is 27.3. The average molecular weight is 535 g/mol. The Morgan fingerprint density at radius 1 is 1.14 bits per heavy atom. The van der Waals surface area contributed by atoms with E-state index in [1.807, 2.05) is 18.4 Å². The summed E-state index contributed by atoms with van der Waals surface area (Å²) in [6.07, 6.45) is 4.55. The molecular formula is C24H34ClF3N4O4. The molecule has 202 valence electrons. The molecule has 1 fully saturated rings. The molecule has 0 saturated carbocycles. The van der Waals surface area contributed by atoms with Crippen LogP contribution in [0.5, 0.6) is 0 Å². The van der Waals surface area contributed by atoms with Crippen LogP contribution in [0.25, 0.3) is 0 Å². The fourth-order valence-electron chi connectivity index (χ4n) is 5.30. The van der Waals surface area contributed by atoms with Gasteiger partial charge < -0.3 is 36.2 Å². The molecule has 7 atom stereocenters. The maximum absolute atomic E-state index is 13.1. The second kappa shape index (κ2) is 11.7. The van der Waals surface area contributed by atoms with Gasteiger partial charge in [-0.25, -0.2) is 4.79 Å². The minimum Gasteiger partial charge on any atom is -0.387 e. The quantitative estimate of drug-likeness (QED) is 0.231. The van der Waals surface area contributed by atoms with E-state index in [2.05, 4.69) is 21.3 Å². The van der Waals surface area contributed by atoms with Crippen LogP contribution in [0.3, 0.4) is 0 Å². The number of aliphatic hydroxyl groups excluding tert-OH is 1. The van der Waals surface area contributed by atoms with Crippen molar-refractivity contribution in [3.05, 3.63) is 35.8 Å². The third kappa shape index (κ3) is 7.16. The maximum atomic E-state index is 13.1. The Labute approximate surface area is 213 Å². The Hall–Kier alpha value is -1.79. The van der Waals surface area contributed by atoms with E-state index in [-0.39, 0.29) is 48.7 Å². The lowest BCUT2D eigenvalue weighted by Gasteiger charge is -2.33. The van der Waals surface area contributed by atoms with E-state index in [1.54, 1.807) is 6.08 Å². The molecule has 1 saturated heterocycles. The van der Waals surface area contributed by atoms with Gasteiger partial charge in [-0.1, -0.05) is 12.2 Å². The van der Waals surface area contributed by atoms with Crippen LogP contribution in [-0.4, -0.2) is 64.9 Å². The Kier molecular flexibility index (Phi) is 8.87. The zero-order valence-electron chi connectivity index (χ0n) is 19.8. The lowest BCUT2D eigenvalue weighted by Crippen LogP contribution is -2.47. The molecule has 0 aromatic rings. The minimum absolute atomic E-state index is 0.00943. The van der Waals surface area contributed by atoms with Crippen molar-refractivity contribution in [2.24, 2.45) is 11.8 Å². The normalized spacial score (nSPS) is 35.1. The highest BCUT2D eigenvalue weighted by atomic mass is 35.5. The Morgan fingerprint density at radius 2 is 1.89 bits per heavy atom. The maximum Gasteiger partial charge on any atom is 0.393 e. The largest absolute Gasteiger partial charge is 0.393 e. The number of alkyl halides is 4. The van der Waals surface area contributed by atoms with E-state index in [0.29, 0.717) is 37.9 Å². The first-order valence-corrected chi connectivity index (χ1v) is 12.9. The van der Waals surface area contributed by atoms with Gasteiger partial charge in [0.25, 0.3) is 0 Å². The van der Waals surface area contributed by atoms with E-state index < -0.39 is 29.8 Å². The number of nitrogens with one attached hydrogen (secondary N) is 4. The van der Waals surface area contributed by atoms with Crippen LogP contribution in [0.1, 0.15) is 44.9 Å². The highest BCUT2D eigenvalue weighted by Gasteiger charge is 2.45. The number of amides is 2. The molecule has 4 aliphatic rings. The van der Waals surface area contributed by atoms with Gasteiger partial charge in [0.05, 0.1) is 18.1 Å². The molecule has 2 aliphatic carbocycles. The summed E-state index contributed by atoms with van der Waals surface area (Å²) in [5.41, 5.74) is 0.946. The number of halogens is 4. The van der Waals surface area contributed by atoms with E-state index in [9.17, 15) is 28.2 Å². The predicted octanol–water partition coefficient (Wildman–Crippen LogP) is 2.74. The molecule has 36 heavy (non-hydrogen) atoms. The van der Waals surface area contributed by atoms with Gasteiger partial charge in [-0.2, -0.15) is 13.2 Å². The molecule has 2 amide bonds. The Morgan fingerprint density at radius 3 is 2.56 bits per heavy atom. The van der Waals surface area contributed by atoms with Gasteiger partial charge in [0.1, 0.15) is 0 Å². The van der Waals surface area contributed by atoms with Crippen molar-refractivity contribution in [1.29, 1.82) is 0 Å². The summed E-state index contributed by atoms with van der Waals surface area (Å²) < 4.78 is 45.7. The van der Waals surface area contributed by atoms with Crippen molar-refractivity contribution in [3.63, 3.8) is 0 Å². The number of hydrogen-bond donors (Lipinski definition) is 6. The molecule has 8 nitrogen and oxygen atoms in total. The summed E-state index contributed by atoms with van der Waals surface area (Å²) in [6.45, 7) is 0.569. The number of allylic oxidation sites excluding steroid dienone is 3. The van der Waals surface area contributed by atoms with Gasteiger partial charge in [-0.05, 0) is 50.8 Å². The van der Waals surface area contributed by atoms with Crippen LogP contribution in [0, 0.1) is 11.8 Å². The van der Waals surface area contributed by atoms with Gasteiger partial charge >= 0.3 is 12.2 Å². The number of hydrogen-bond acceptors (Lipinski definition) is 6. The van der Waals surface area contributed by atoms with E-state index in [4.69, 9.17) is 16.3 Å². The molecular weight excluding hydrogens is 501 g/mol. The first-order valence-electron chi connectivity index (χ1n) is 12.4. The zero-order valence-corrected chi connectivity index (χ0v) is 20.6. The summed E-state index contributed by atoms with van der Waals surface area (Å²) in [5, 5.41) is 29.8. The van der Waals surface area contributed by atoms with Crippen molar-refractivity contribution >= 4 is 17.6 Å². The third-order valence-corrected chi connectivity index (χ3v) is 7.86. The molecule has 0 radical (unpaired) electrons. The highest BCUT2D eigenvalue weighted by molar-refractivity contribution is 6.21. The summed E-state index contributed by atoms with van der Waals surface area (Å²) in [5.74, 6) is -1.85. The molecule has 0 aromatic carbocycles. The first-order chi connectivity index (χ1) is 17.1. The van der Waals surface area contributed by atoms with Gasteiger partial charge in [0.15, 0.2) is 6.29 Å². The van der Waals surface area contributed by atoms with Gasteiger partial charge in [0.2, 0.25) is 0 Å². The van der Waals surface area contributed by atoms with E-state index in [1.165, 1.54) is 0 Å². The molecule has 0 spiro atoms. The molecule has 1 unspecified atom stereocenters. The van der Waals surface area contributed by atoms with Crippen molar-refractivity contribution in [2.75, 3.05) is 6.54 Å². The number of urea groups is 1. The number of ether oxygens (including phenoxy) is 1. The number of rotatable bonds is 6. The summed E-state index contributed by atoms with van der Waals surface area (Å²) >= 11 is 5.82. The molecule has 0 bridgehead atoms.